The lowest BCUT2D eigenvalue weighted by molar-refractivity contribution is 0.0691. The van der Waals surface area contributed by atoms with Gasteiger partial charge in [0.2, 0.25) is 0 Å². The van der Waals surface area contributed by atoms with Crippen LogP contribution in [0.15, 0.2) is 18.2 Å². The third-order valence-electron chi connectivity index (χ3n) is 2.44. The fraction of sp³-hybridized carbons (Fsp3) is 0.500. The lowest BCUT2D eigenvalue weighted by Crippen LogP contribution is -2.48. The van der Waals surface area contributed by atoms with E-state index in [-0.39, 0.29) is 6.10 Å². The zero-order valence-electron chi connectivity index (χ0n) is 11.0. The predicted molar refractivity (Wildman–Crippen MR) is 66.1 cm³/mol. The Morgan fingerprint density at radius 2 is 1.72 bits per heavy atom. The van der Waals surface area contributed by atoms with Crippen LogP contribution in [0.3, 0.4) is 0 Å². The molecule has 0 amide bonds. The van der Waals surface area contributed by atoms with Crippen molar-refractivity contribution in [2.75, 3.05) is 14.2 Å². The first-order chi connectivity index (χ1) is 8.42. The van der Waals surface area contributed by atoms with Gasteiger partial charge >= 0.3 is 8.80 Å². The van der Waals surface area contributed by atoms with E-state index in [1.165, 1.54) is 20.3 Å². The molecule has 0 aliphatic heterocycles. The molecule has 6 heteroatoms. The van der Waals surface area contributed by atoms with Gasteiger partial charge in [-0.05, 0) is 31.5 Å². The normalized spacial score (nSPS) is 12.2. The topological polar surface area (TPSA) is 27.7 Å². The van der Waals surface area contributed by atoms with E-state index in [9.17, 15) is 8.78 Å². The highest BCUT2D eigenvalue weighted by Crippen LogP contribution is 2.19. The fourth-order valence-corrected chi connectivity index (χ4v) is 3.79. The molecule has 0 atom stereocenters. The molecule has 1 rings (SSSR count). The van der Waals surface area contributed by atoms with E-state index in [1.807, 2.05) is 13.8 Å². The molecule has 0 unspecified atom stereocenters. The van der Waals surface area contributed by atoms with Crippen LogP contribution in [0.5, 0.6) is 0 Å². The highest BCUT2D eigenvalue weighted by Gasteiger charge is 2.40. The van der Waals surface area contributed by atoms with Crippen LogP contribution in [0.4, 0.5) is 8.78 Å². The van der Waals surface area contributed by atoms with Gasteiger partial charge in [-0.25, -0.2) is 8.78 Å². The molecule has 0 fully saturated rings. The molecular weight excluding hydrogens is 258 g/mol. The molecule has 1 aromatic carbocycles. The van der Waals surface area contributed by atoms with Crippen LogP contribution >= 0.6 is 0 Å². The maximum atomic E-state index is 13.1. The smallest absolute Gasteiger partial charge is 0.377 e. The minimum atomic E-state index is -2.88. The van der Waals surface area contributed by atoms with Crippen LogP contribution in [-0.2, 0) is 19.3 Å². The monoisotopic (exact) mass is 276 g/mol. The third-order valence-corrected chi connectivity index (χ3v) is 5.36. The Morgan fingerprint density at radius 1 is 1.11 bits per heavy atom. The number of benzene rings is 1. The van der Waals surface area contributed by atoms with Gasteiger partial charge in [-0.1, -0.05) is 6.07 Å². The molecule has 0 saturated carbocycles. The average molecular weight is 276 g/mol. The van der Waals surface area contributed by atoms with Gasteiger partial charge in [0.05, 0.1) is 0 Å². The number of hydrogen-bond donors (Lipinski definition) is 0. The second-order valence-corrected chi connectivity index (χ2v) is 6.95. The van der Waals surface area contributed by atoms with Crippen molar-refractivity contribution in [1.82, 2.24) is 0 Å². The minimum absolute atomic E-state index is 0.0677. The second-order valence-electron chi connectivity index (χ2n) is 4.18. The number of halogens is 2. The zero-order valence-corrected chi connectivity index (χ0v) is 12.0. The molecule has 102 valence electrons. The van der Waals surface area contributed by atoms with Crippen molar-refractivity contribution in [3.8, 4) is 0 Å². The van der Waals surface area contributed by atoms with Gasteiger partial charge in [-0.15, -0.1) is 0 Å². The van der Waals surface area contributed by atoms with E-state index in [0.29, 0.717) is 11.6 Å². The Morgan fingerprint density at radius 3 is 2.17 bits per heavy atom. The van der Waals surface area contributed by atoms with Crippen molar-refractivity contribution in [2.45, 2.75) is 26.0 Å². The van der Waals surface area contributed by atoms with Crippen LogP contribution in [0.25, 0.3) is 0 Å². The van der Waals surface area contributed by atoms with Crippen molar-refractivity contribution in [3.63, 3.8) is 0 Å². The van der Waals surface area contributed by atoms with Crippen LogP contribution in [0.2, 0.25) is 0 Å². The number of rotatable bonds is 6. The van der Waals surface area contributed by atoms with Crippen molar-refractivity contribution in [2.24, 2.45) is 0 Å². The maximum Gasteiger partial charge on any atom is 0.505 e. The molecule has 0 radical (unpaired) electrons. The first-order valence-electron chi connectivity index (χ1n) is 5.64. The Balaban J connectivity index is 2.92. The third kappa shape index (κ3) is 3.84. The van der Waals surface area contributed by atoms with E-state index in [1.54, 1.807) is 0 Å². The predicted octanol–water partition coefficient (Wildman–Crippen LogP) is 2.70. The highest BCUT2D eigenvalue weighted by molar-refractivity contribution is 6.60. The summed E-state index contributed by atoms with van der Waals surface area (Å²) in [5.74, 6) is -1.75. The largest absolute Gasteiger partial charge is 0.505 e. The van der Waals surface area contributed by atoms with Gasteiger partial charge < -0.3 is 13.3 Å². The molecule has 0 spiro atoms. The van der Waals surface area contributed by atoms with Crippen LogP contribution in [0, 0.1) is 11.6 Å². The zero-order chi connectivity index (χ0) is 13.8. The summed E-state index contributed by atoms with van der Waals surface area (Å²) in [6.07, 6.45) is -0.0677. The summed E-state index contributed by atoms with van der Waals surface area (Å²) in [6.45, 7) is 3.73. The summed E-state index contributed by atoms with van der Waals surface area (Å²) in [5, 5.41) is 0. The summed E-state index contributed by atoms with van der Waals surface area (Å²) in [5.41, 5.74) is 0.588. The Hall–Kier alpha value is -0.823. The molecule has 0 N–H and O–H groups in total. The van der Waals surface area contributed by atoms with Gasteiger partial charge in [0.25, 0.3) is 0 Å². The molecule has 0 aliphatic carbocycles. The first-order valence-corrected chi connectivity index (χ1v) is 7.57. The summed E-state index contributed by atoms with van der Waals surface area (Å²) in [4.78, 5) is 0. The fourth-order valence-electron chi connectivity index (χ4n) is 1.62. The highest BCUT2D eigenvalue weighted by atomic mass is 28.4. The molecule has 0 saturated heterocycles. The SMILES string of the molecule is CO[Si](Cc1ccc(F)c(F)c1)(OC)OC(C)C. The molecule has 0 heterocycles. The molecule has 0 bridgehead atoms. The maximum absolute atomic E-state index is 13.1. The molecule has 1 aromatic rings. The van der Waals surface area contributed by atoms with Gasteiger partial charge in [0, 0.05) is 26.4 Å². The van der Waals surface area contributed by atoms with Gasteiger partial charge in [0.15, 0.2) is 11.6 Å². The van der Waals surface area contributed by atoms with Crippen LogP contribution in [-0.4, -0.2) is 29.1 Å². The van der Waals surface area contributed by atoms with Gasteiger partial charge in [-0.2, -0.15) is 0 Å². The van der Waals surface area contributed by atoms with Crippen molar-refractivity contribution in [1.29, 1.82) is 0 Å². The second kappa shape index (κ2) is 6.37. The summed E-state index contributed by atoms with van der Waals surface area (Å²) in [6, 6.07) is 4.03. The lowest BCUT2D eigenvalue weighted by atomic mass is 10.2. The molecule has 3 nitrogen and oxygen atoms in total. The molecular formula is C12H18F2O3Si. The van der Waals surface area contributed by atoms with Crippen molar-refractivity contribution < 1.29 is 22.1 Å². The van der Waals surface area contributed by atoms with Crippen LogP contribution in [0.1, 0.15) is 19.4 Å². The van der Waals surface area contributed by atoms with Crippen molar-refractivity contribution >= 4 is 8.80 Å². The van der Waals surface area contributed by atoms with E-state index >= 15 is 0 Å². The summed E-state index contributed by atoms with van der Waals surface area (Å²) >= 11 is 0. The molecule has 0 aliphatic rings. The van der Waals surface area contributed by atoms with Gasteiger partial charge in [-0.3, -0.25) is 0 Å². The van der Waals surface area contributed by atoms with Gasteiger partial charge in [0.1, 0.15) is 0 Å². The lowest BCUT2D eigenvalue weighted by Gasteiger charge is -2.28. The van der Waals surface area contributed by atoms with E-state index in [4.69, 9.17) is 13.3 Å². The molecule has 18 heavy (non-hydrogen) atoms. The Bertz CT molecular complexity index is 395. The summed E-state index contributed by atoms with van der Waals surface area (Å²) in [7, 11) is 0.119. The van der Waals surface area contributed by atoms with E-state index in [0.717, 1.165) is 12.1 Å². The standard InChI is InChI=1S/C12H18F2O3Si/c1-9(2)17-18(15-3,16-4)8-10-5-6-11(13)12(14)7-10/h5-7,9H,8H2,1-4H3. The number of hydrogen-bond acceptors (Lipinski definition) is 3. The van der Waals surface area contributed by atoms with E-state index in [2.05, 4.69) is 0 Å². The Labute approximate surface area is 107 Å². The van der Waals surface area contributed by atoms with E-state index < -0.39 is 20.4 Å². The summed E-state index contributed by atoms with van der Waals surface area (Å²) < 4.78 is 42.4. The molecule has 0 aromatic heterocycles. The average Bonchev–Trinajstić information content (AvgIpc) is 2.32. The minimum Gasteiger partial charge on any atom is -0.377 e. The first kappa shape index (κ1) is 15.2. The van der Waals surface area contributed by atoms with Crippen molar-refractivity contribution in [3.05, 3.63) is 35.4 Å². The Kier molecular flexibility index (Phi) is 5.40. The van der Waals surface area contributed by atoms with Crippen LogP contribution < -0.4 is 0 Å². The quantitative estimate of drug-likeness (QED) is 0.748.